The number of rotatable bonds is 3. The number of nitrogens with zero attached hydrogens (tertiary/aromatic N) is 1. The Hall–Kier alpha value is -0.980. The van der Waals surface area contributed by atoms with Crippen molar-refractivity contribution in [3.63, 3.8) is 0 Å². The molecule has 1 aliphatic rings. The van der Waals surface area contributed by atoms with E-state index in [2.05, 4.69) is 30.4 Å². The Morgan fingerprint density at radius 1 is 1.50 bits per heavy atom. The van der Waals surface area contributed by atoms with E-state index in [1.54, 1.807) is 0 Å². The van der Waals surface area contributed by atoms with E-state index in [0.29, 0.717) is 5.92 Å². The first-order chi connectivity index (χ1) is 7.77. The lowest BCUT2D eigenvalue weighted by Crippen LogP contribution is -2.48. The Morgan fingerprint density at radius 2 is 2.25 bits per heavy atom. The zero-order valence-corrected chi connectivity index (χ0v) is 10.3. The Morgan fingerprint density at radius 3 is 2.81 bits per heavy atom. The molecule has 2 rings (SSSR count). The topological polar surface area (TPSA) is 35.8 Å². The standard InChI is InChI=1S/C13H16N2S/c1-11-8-16-10-13(11,9-14)15-7-12-5-3-2-4-6-12/h2-6,11,15H,7-8,10H2,1H3. The third-order valence-electron chi connectivity index (χ3n) is 3.19. The molecule has 1 N–H and O–H groups in total. The van der Waals surface area contributed by atoms with E-state index in [-0.39, 0.29) is 5.54 Å². The molecular weight excluding hydrogens is 216 g/mol. The number of nitrogens with one attached hydrogen (secondary N) is 1. The molecule has 1 heterocycles. The van der Waals surface area contributed by atoms with Crippen LogP contribution in [0.15, 0.2) is 30.3 Å². The summed E-state index contributed by atoms with van der Waals surface area (Å²) >= 11 is 1.86. The molecule has 2 unspecified atom stereocenters. The first-order valence-corrected chi connectivity index (χ1v) is 6.70. The molecule has 0 spiro atoms. The highest BCUT2D eigenvalue weighted by atomic mass is 32.2. The second-order valence-corrected chi connectivity index (χ2v) is 5.37. The highest BCUT2D eigenvalue weighted by Crippen LogP contribution is 2.33. The first kappa shape index (κ1) is 11.5. The van der Waals surface area contributed by atoms with Crippen molar-refractivity contribution in [2.45, 2.75) is 19.0 Å². The monoisotopic (exact) mass is 232 g/mol. The van der Waals surface area contributed by atoms with Crippen LogP contribution in [-0.4, -0.2) is 17.0 Å². The summed E-state index contributed by atoms with van der Waals surface area (Å²) in [7, 11) is 0. The third kappa shape index (κ3) is 2.23. The van der Waals surface area contributed by atoms with E-state index in [9.17, 15) is 5.26 Å². The van der Waals surface area contributed by atoms with Crippen LogP contribution >= 0.6 is 11.8 Å². The van der Waals surface area contributed by atoms with E-state index in [1.807, 2.05) is 30.0 Å². The van der Waals surface area contributed by atoms with Gasteiger partial charge in [0, 0.05) is 12.3 Å². The van der Waals surface area contributed by atoms with Gasteiger partial charge in [0.25, 0.3) is 0 Å². The fourth-order valence-corrected chi connectivity index (χ4v) is 3.47. The molecular formula is C13H16N2S. The van der Waals surface area contributed by atoms with Crippen molar-refractivity contribution in [2.75, 3.05) is 11.5 Å². The fourth-order valence-electron chi connectivity index (χ4n) is 1.94. The van der Waals surface area contributed by atoms with Crippen molar-refractivity contribution in [3.05, 3.63) is 35.9 Å². The lowest BCUT2D eigenvalue weighted by Gasteiger charge is -2.26. The van der Waals surface area contributed by atoms with Crippen LogP contribution in [-0.2, 0) is 6.54 Å². The SMILES string of the molecule is CC1CSCC1(C#N)NCc1ccccc1. The van der Waals surface area contributed by atoms with Crippen LogP contribution in [0.2, 0.25) is 0 Å². The fraction of sp³-hybridized carbons (Fsp3) is 0.462. The molecule has 0 bridgehead atoms. The average molecular weight is 232 g/mol. The smallest absolute Gasteiger partial charge is 0.119 e. The summed E-state index contributed by atoms with van der Waals surface area (Å²) in [5.74, 6) is 2.40. The molecule has 1 aromatic carbocycles. The van der Waals surface area contributed by atoms with E-state index in [0.717, 1.165) is 18.1 Å². The zero-order valence-electron chi connectivity index (χ0n) is 9.44. The van der Waals surface area contributed by atoms with Gasteiger partial charge in [-0.25, -0.2) is 0 Å². The maximum atomic E-state index is 9.34. The Bertz CT molecular complexity index is 385. The molecule has 0 amide bonds. The number of benzene rings is 1. The normalized spacial score (nSPS) is 28.9. The predicted octanol–water partition coefficient (Wildman–Crippen LogP) is 2.42. The molecule has 0 aromatic heterocycles. The summed E-state index contributed by atoms with van der Waals surface area (Å²) < 4.78 is 0. The van der Waals surface area contributed by atoms with Crippen molar-refractivity contribution in [2.24, 2.45) is 5.92 Å². The van der Waals surface area contributed by atoms with Crippen molar-refractivity contribution in [1.82, 2.24) is 5.32 Å². The number of nitriles is 1. The minimum absolute atomic E-state index is 0.333. The van der Waals surface area contributed by atoms with Crippen LogP contribution in [0.5, 0.6) is 0 Å². The van der Waals surface area contributed by atoms with E-state index in [1.165, 1.54) is 5.56 Å². The number of thioether (sulfide) groups is 1. The van der Waals surface area contributed by atoms with Crippen molar-refractivity contribution >= 4 is 11.8 Å². The Labute approximate surface area is 101 Å². The van der Waals surface area contributed by atoms with Crippen LogP contribution in [0.3, 0.4) is 0 Å². The second kappa shape index (κ2) is 4.90. The average Bonchev–Trinajstić information content (AvgIpc) is 2.70. The molecule has 1 fully saturated rings. The maximum Gasteiger partial charge on any atom is 0.119 e. The summed E-state index contributed by atoms with van der Waals surface area (Å²) in [6, 6.07) is 12.7. The Kier molecular flexibility index (Phi) is 3.52. The van der Waals surface area contributed by atoms with Crippen molar-refractivity contribution < 1.29 is 0 Å². The molecule has 1 aliphatic heterocycles. The largest absolute Gasteiger partial charge is 0.294 e. The van der Waals surface area contributed by atoms with Gasteiger partial charge < -0.3 is 0 Å². The van der Waals surface area contributed by atoms with Crippen LogP contribution in [0.25, 0.3) is 0 Å². The lowest BCUT2D eigenvalue weighted by molar-refractivity contribution is 0.362. The summed E-state index contributed by atoms with van der Waals surface area (Å²) in [4.78, 5) is 0. The zero-order chi connectivity index (χ0) is 11.4. The molecule has 1 aromatic rings. The summed E-state index contributed by atoms with van der Waals surface area (Å²) in [6.45, 7) is 2.93. The second-order valence-electron chi connectivity index (χ2n) is 4.34. The van der Waals surface area contributed by atoms with Crippen LogP contribution in [0.1, 0.15) is 12.5 Å². The van der Waals surface area contributed by atoms with Gasteiger partial charge in [-0.1, -0.05) is 37.3 Å². The molecule has 1 saturated heterocycles. The van der Waals surface area contributed by atoms with Gasteiger partial charge in [0.15, 0.2) is 0 Å². The van der Waals surface area contributed by atoms with Crippen molar-refractivity contribution in [3.8, 4) is 6.07 Å². The molecule has 0 radical (unpaired) electrons. The van der Waals surface area contributed by atoms with Gasteiger partial charge in [0.1, 0.15) is 5.54 Å². The minimum atomic E-state index is -0.333. The Balaban J connectivity index is 2.02. The van der Waals surface area contributed by atoms with E-state index in [4.69, 9.17) is 0 Å². The van der Waals surface area contributed by atoms with Crippen LogP contribution in [0, 0.1) is 17.2 Å². The molecule has 2 atom stereocenters. The third-order valence-corrected chi connectivity index (χ3v) is 4.58. The highest BCUT2D eigenvalue weighted by molar-refractivity contribution is 7.99. The van der Waals surface area contributed by atoms with Gasteiger partial charge in [-0.2, -0.15) is 17.0 Å². The lowest BCUT2D eigenvalue weighted by atomic mass is 9.90. The molecule has 0 saturated carbocycles. The van der Waals surface area contributed by atoms with Gasteiger partial charge in [0.2, 0.25) is 0 Å². The van der Waals surface area contributed by atoms with Crippen LogP contribution < -0.4 is 5.32 Å². The van der Waals surface area contributed by atoms with Crippen molar-refractivity contribution in [1.29, 1.82) is 5.26 Å². The minimum Gasteiger partial charge on any atom is -0.294 e. The number of hydrogen-bond acceptors (Lipinski definition) is 3. The van der Waals surface area contributed by atoms with Gasteiger partial charge >= 0.3 is 0 Å². The molecule has 16 heavy (non-hydrogen) atoms. The number of hydrogen-bond donors (Lipinski definition) is 1. The molecule has 84 valence electrons. The van der Waals surface area contributed by atoms with Gasteiger partial charge in [-0.05, 0) is 17.2 Å². The summed E-state index contributed by atoms with van der Waals surface area (Å²) in [6.07, 6.45) is 0. The maximum absolute atomic E-state index is 9.34. The highest BCUT2D eigenvalue weighted by Gasteiger charge is 2.40. The predicted molar refractivity (Wildman–Crippen MR) is 68.1 cm³/mol. The molecule has 2 nitrogen and oxygen atoms in total. The molecule has 3 heteroatoms. The van der Waals surface area contributed by atoms with Crippen LogP contribution in [0.4, 0.5) is 0 Å². The quantitative estimate of drug-likeness (QED) is 0.869. The summed E-state index contributed by atoms with van der Waals surface area (Å²) in [5, 5.41) is 12.8. The van der Waals surface area contributed by atoms with E-state index < -0.39 is 0 Å². The van der Waals surface area contributed by atoms with Gasteiger partial charge in [0.05, 0.1) is 6.07 Å². The van der Waals surface area contributed by atoms with Gasteiger partial charge in [-0.15, -0.1) is 0 Å². The first-order valence-electron chi connectivity index (χ1n) is 5.55. The molecule has 0 aliphatic carbocycles. The van der Waals surface area contributed by atoms with E-state index >= 15 is 0 Å². The summed E-state index contributed by atoms with van der Waals surface area (Å²) in [5.41, 5.74) is 0.904. The van der Waals surface area contributed by atoms with Gasteiger partial charge in [-0.3, -0.25) is 5.32 Å².